The van der Waals surface area contributed by atoms with Crippen LogP contribution in [0.2, 0.25) is 0 Å². The van der Waals surface area contributed by atoms with Crippen LogP contribution in [0.3, 0.4) is 0 Å². The highest BCUT2D eigenvalue weighted by molar-refractivity contribution is 7.89. The zero-order chi connectivity index (χ0) is 16.6. The summed E-state index contributed by atoms with van der Waals surface area (Å²) in [6, 6.07) is 18.5. The lowest BCUT2D eigenvalue weighted by Gasteiger charge is -2.28. The molecule has 0 fully saturated rings. The van der Waals surface area contributed by atoms with Gasteiger partial charge in [-0.05, 0) is 53.9 Å². The molecule has 24 heavy (non-hydrogen) atoms. The van der Waals surface area contributed by atoms with Crippen molar-refractivity contribution in [1.29, 1.82) is 0 Å². The number of benzene rings is 2. The molecule has 4 rings (SSSR count). The summed E-state index contributed by atoms with van der Waals surface area (Å²) in [4.78, 5) is 0.317. The quantitative estimate of drug-likeness (QED) is 0.731. The molecule has 1 aromatic heterocycles. The normalized spacial score (nSPS) is 15.2. The summed E-state index contributed by atoms with van der Waals surface area (Å²) in [7, 11) is -3.49. The Morgan fingerprint density at radius 2 is 1.62 bits per heavy atom. The van der Waals surface area contributed by atoms with E-state index in [2.05, 4.69) is 6.07 Å². The Morgan fingerprint density at radius 3 is 2.33 bits per heavy atom. The first-order chi connectivity index (χ1) is 11.6. The summed E-state index contributed by atoms with van der Waals surface area (Å²) in [5, 5.41) is 0. The highest BCUT2D eigenvalue weighted by Crippen LogP contribution is 2.27. The van der Waals surface area contributed by atoms with E-state index in [4.69, 9.17) is 4.42 Å². The highest BCUT2D eigenvalue weighted by atomic mass is 32.2. The van der Waals surface area contributed by atoms with Gasteiger partial charge in [-0.25, -0.2) is 8.42 Å². The van der Waals surface area contributed by atoms with Gasteiger partial charge in [0.05, 0.1) is 11.2 Å². The second kappa shape index (κ2) is 5.92. The van der Waals surface area contributed by atoms with Crippen LogP contribution in [0, 0.1) is 0 Å². The standard InChI is InChI=1S/C19H17NO3S/c21-24(22,20-12-11-15-4-1-2-5-17(15)14-20)18-9-7-16(8-10-18)19-6-3-13-23-19/h1-10,13H,11-12,14H2. The van der Waals surface area contributed by atoms with Gasteiger partial charge in [0.15, 0.2) is 0 Å². The lowest BCUT2D eigenvalue weighted by molar-refractivity contribution is 0.391. The molecule has 2 aromatic carbocycles. The van der Waals surface area contributed by atoms with Crippen LogP contribution in [0.1, 0.15) is 11.1 Å². The van der Waals surface area contributed by atoms with Crippen LogP contribution in [0.25, 0.3) is 11.3 Å². The lowest BCUT2D eigenvalue weighted by atomic mass is 10.0. The van der Waals surface area contributed by atoms with E-state index in [1.807, 2.05) is 30.3 Å². The Labute approximate surface area is 141 Å². The van der Waals surface area contributed by atoms with Crippen molar-refractivity contribution in [3.63, 3.8) is 0 Å². The molecule has 0 atom stereocenters. The largest absolute Gasteiger partial charge is 0.464 e. The highest BCUT2D eigenvalue weighted by Gasteiger charge is 2.28. The molecule has 3 aromatic rings. The van der Waals surface area contributed by atoms with Crippen molar-refractivity contribution >= 4 is 10.0 Å². The maximum absolute atomic E-state index is 12.9. The Kier molecular flexibility index (Phi) is 3.75. The fourth-order valence-corrected chi connectivity index (χ4v) is 4.48. The molecule has 0 bridgehead atoms. The van der Waals surface area contributed by atoms with Crippen LogP contribution in [0.4, 0.5) is 0 Å². The topological polar surface area (TPSA) is 50.5 Å². The SMILES string of the molecule is O=S(=O)(c1ccc(-c2ccco2)cc1)N1CCc2ccccc2C1. The number of fused-ring (bicyclic) bond motifs is 1. The van der Waals surface area contributed by atoms with Gasteiger partial charge in [0.2, 0.25) is 10.0 Å². The minimum Gasteiger partial charge on any atom is -0.464 e. The molecule has 0 N–H and O–H groups in total. The summed E-state index contributed by atoms with van der Waals surface area (Å²) in [6.07, 6.45) is 2.35. The van der Waals surface area contributed by atoms with Crippen molar-refractivity contribution in [3.8, 4) is 11.3 Å². The smallest absolute Gasteiger partial charge is 0.243 e. The maximum Gasteiger partial charge on any atom is 0.243 e. The molecular weight excluding hydrogens is 322 g/mol. The molecular formula is C19H17NO3S. The molecule has 1 aliphatic rings. The maximum atomic E-state index is 12.9. The zero-order valence-electron chi connectivity index (χ0n) is 13.1. The van der Waals surface area contributed by atoms with E-state index in [1.165, 1.54) is 5.56 Å². The number of sulfonamides is 1. The van der Waals surface area contributed by atoms with Gasteiger partial charge in [-0.3, -0.25) is 0 Å². The molecule has 5 heteroatoms. The van der Waals surface area contributed by atoms with Crippen molar-refractivity contribution in [2.24, 2.45) is 0 Å². The molecule has 0 radical (unpaired) electrons. The summed E-state index contributed by atoms with van der Waals surface area (Å²) in [5.74, 6) is 0.728. The molecule has 4 nitrogen and oxygen atoms in total. The fraction of sp³-hybridized carbons (Fsp3) is 0.158. The third kappa shape index (κ3) is 2.66. The predicted molar refractivity (Wildman–Crippen MR) is 91.9 cm³/mol. The van der Waals surface area contributed by atoms with Crippen LogP contribution in [-0.4, -0.2) is 19.3 Å². The third-order valence-corrected chi connectivity index (χ3v) is 6.25. The molecule has 0 unspecified atom stereocenters. The Bertz CT molecular complexity index is 945. The number of rotatable bonds is 3. The van der Waals surface area contributed by atoms with E-state index in [1.54, 1.807) is 34.8 Å². The summed E-state index contributed by atoms with van der Waals surface area (Å²) in [6.45, 7) is 0.942. The van der Waals surface area contributed by atoms with E-state index < -0.39 is 10.0 Å². The average Bonchev–Trinajstić information content (AvgIpc) is 3.16. The van der Waals surface area contributed by atoms with Crippen molar-refractivity contribution in [2.45, 2.75) is 17.9 Å². The van der Waals surface area contributed by atoms with E-state index in [-0.39, 0.29) is 0 Å². The van der Waals surface area contributed by atoms with Crippen LogP contribution in [0.15, 0.2) is 76.2 Å². The summed E-state index contributed by atoms with van der Waals surface area (Å²) in [5.41, 5.74) is 3.18. The molecule has 0 amide bonds. The van der Waals surface area contributed by atoms with Crippen LogP contribution in [-0.2, 0) is 23.0 Å². The van der Waals surface area contributed by atoms with E-state index in [0.29, 0.717) is 18.0 Å². The van der Waals surface area contributed by atoms with Crippen LogP contribution < -0.4 is 0 Å². The summed E-state index contributed by atoms with van der Waals surface area (Å²) >= 11 is 0. The van der Waals surface area contributed by atoms with Crippen molar-refractivity contribution in [3.05, 3.63) is 78.1 Å². The molecule has 2 heterocycles. The number of furan rings is 1. The molecule has 0 aliphatic carbocycles. The number of hydrogen-bond donors (Lipinski definition) is 0. The number of nitrogens with zero attached hydrogens (tertiary/aromatic N) is 1. The second-order valence-electron chi connectivity index (χ2n) is 5.86. The van der Waals surface area contributed by atoms with Gasteiger partial charge in [0.25, 0.3) is 0 Å². The van der Waals surface area contributed by atoms with Gasteiger partial charge < -0.3 is 4.42 Å². The minimum absolute atomic E-state index is 0.317. The predicted octanol–water partition coefficient (Wildman–Crippen LogP) is 3.69. The molecule has 1 aliphatic heterocycles. The minimum atomic E-state index is -3.49. The van der Waals surface area contributed by atoms with E-state index in [9.17, 15) is 8.42 Å². The molecule has 0 saturated carbocycles. The van der Waals surface area contributed by atoms with Crippen molar-refractivity contribution in [1.82, 2.24) is 4.31 Å². The van der Waals surface area contributed by atoms with Crippen molar-refractivity contribution in [2.75, 3.05) is 6.54 Å². The van der Waals surface area contributed by atoms with Gasteiger partial charge >= 0.3 is 0 Å². The van der Waals surface area contributed by atoms with E-state index >= 15 is 0 Å². The van der Waals surface area contributed by atoms with E-state index in [0.717, 1.165) is 23.3 Å². The Hall–Kier alpha value is -2.37. The van der Waals surface area contributed by atoms with Gasteiger partial charge in [0, 0.05) is 18.7 Å². The Morgan fingerprint density at radius 1 is 0.875 bits per heavy atom. The second-order valence-corrected chi connectivity index (χ2v) is 7.80. The van der Waals surface area contributed by atoms with Gasteiger partial charge in [-0.2, -0.15) is 4.31 Å². The molecule has 122 valence electrons. The number of hydrogen-bond acceptors (Lipinski definition) is 3. The van der Waals surface area contributed by atoms with Gasteiger partial charge in [-0.15, -0.1) is 0 Å². The zero-order valence-corrected chi connectivity index (χ0v) is 13.9. The summed E-state index contributed by atoms with van der Waals surface area (Å²) < 4.78 is 32.7. The average molecular weight is 339 g/mol. The fourth-order valence-electron chi connectivity index (χ4n) is 3.06. The van der Waals surface area contributed by atoms with Crippen LogP contribution >= 0.6 is 0 Å². The first-order valence-corrected chi connectivity index (χ1v) is 9.29. The third-order valence-electron chi connectivity index (χ3n) is 4.39. The van der Waals surface area contributed by atoms with Gasteiger partial charge in [-0.1, -0.05) is 24.3 Å². The van der Waals surface area contributed by atoms with Crippen LogP contribution in [0.5, 0.6) is 0 Å². The first-order valence-electron chi connectivity index (χ1n) is 7.85. The van der Waals surface area contributed by atoms with Crippen molar-refractivity contribution < 1.29 is 12.8 Å². The Balaban J connectivity index is 1.61. The van der Waals surface area contributed by atoms with Gasteiger partial charge in [0.1, 0.15) is 5.76 Å². The monoisotopic (exact) mass is 339 g/mol. The lowest BCUT2D eigenvalue weighted by Crippen LogP contribution is -2.35. The molecule has 0 saturated heterocycles. The molecule has 0 spiro atoms. The first kappa shape index (κ1) is 15.2.